The lowest BCUT2D eigenvalue weighted by atomic mass is 10.1. The third-order valence-electron chi connectivity index (χ3n) is 2.77. The highest BCUT2D eigenvalue weighted by Gasteiger charge is 2.21. The number of hydrogen-bond acceptors (Lipinski definition) is 4. The van der Waals surface area contributed by atoms with Crippen molar-refractivity contribution in [1.29, 1.82) is 0 Å². The van der Waals surface area contributed by atoms with Gasteiger partial charge in [0.1, 0.15) is 0 Å². The smallest absolute Gasteiger partial charge is 0.338 e. The number of carboxylic acid groups (broad SMARTS) is 1. The number of pyridine rings is 1. The fraction of sp³-hybridized carbons (Fsp3) is 0.0769. The number of aromatic nitrogens is 1. The van der Waals surface area contributed by atoms with Gasteiger partial charge in [0, 0.05) is 10.7 Å². The average Bonchev–Trinajstić information content (AvgIpc) is 2.43. The van der Waals surface area contributed by atoms with Gasteiger partial charge in [-0.25, -0.2) is 9.78 Å². The lowest BCUT2D eigenvalue weighted by Crippen LogP contribution is -2.17. The topological polar surface area (TPSA) is 96.4 Å². The lowest BCUT2D eigenvalue weighted by molar-refractivity contribution is 0.0697. The normalized spacial score (nSPS) is 11.1. The summed E-state index contributed by atoms with van der Waals surface area (Å²) in [6, 6.07) is 7.42. The summed E-state index contributed by atoms with van der Waals surface area (Å²) in [4.78, 5) is 15.1. The van der Waals surface area contributed by atoms with Crippen molar-refractivity contribution in [2.75, 3.05) is 4.72 Å². The van der Waals surface area contributed by atoms with E-state index in [9.17, 15) is 18.3 Å². The molecule has 0 aliphatic rings. The first-order chi connectivity index (χ1) is 9.83. The van der Waals surface area contributed by atoms with Gasteiger partial charge in [0.05, 0.1) is 11.3 Å². The van der Waals surface area contributed by atoms with Crippen LogP contribution in [0.4, 0.5) is 5.69 Å². The second-order valence-corrected chi connectivity index (χ2v) is 6.66. The molecule has 2 rings (SSSR count). The maximum atomic E-state index is 12.2. The van der Waals surface area contributed by atoms with E-state index in [1.54, 1.807) is 19.1 Å². The summed E-state index contributed by atoms with van der Waals surface area (Å²) in [5.74, 6) is -1.22. The number of carboxylic acids is 1. The Morgan fingerprint density at radius 2 is 2.00 bits per heavy atom. The van der Waals surface area contributed by atoms with Gasteiger partial charge in [-0.15, -0.1) is 0 Å². The first-order valence-corrected chi connectivity index (χ1v) is 8.07. The van der Waals surface area contributed by atoms with Crippen molar-refractivity contribution in [1.82, 2.24) is 4.98 Å². The summed E-state index contributed by atoms with van der Waals surface area (Å²) in [5, 5.41) is 9.09. The highest BCUT2D eigenvalue weighted by Crippen LogP contribution is 2.28. The fourth-order valence-corrected chi connectivity index (χ4v) is 3.10. The molecule has 2 aromatic rings. The van der Waals surface area contributed by atoms with E-state index >= 15 is 0 Å². The van der Waals surface area contributed by atoms with Crippen LogP contribution >= 0.6 is 15.9 Å². The molecule has 2 N–H and O–H groups in total. The predicted molar refractivity (Wildman–Crippen MR) is 80.9 cm³/mol. The Morgan fingerprint density at radius 1 is 1.29 bits per heavy atom. The fourth-order valence-electron chi connectivity index (χ4n) is 1.75. The highest BCUT2D eigenvalue weighted by atomic mass is 79.9. The summed E-state index contributed by atoms with van der Waals surface area (Å²) in [7, 11) is -3.94. The summed E-state index contributed by atoms with van der Waals surface area (Å²) in [6.45, 7) is 1.59. The van der Waals surface area contributed by atoms with Crippen molar-refractivity contribution in [2.24, 2.45) is 0 Å². The molecule has 0 aliphatic carbocycles. The number of anilines is 1. The van der Waals surface area contributed by atoms with Gasteiger partial charge < -0.3 is 5.11 Å². The largest absolute Gasteiger partial charge is 0.478 e. The monoisotopic (exact) mass is 370 g/mol. The van der Waals surface area contributed by atoms with Crippen LogP contribution in [0.2, 0.25) is 0 Å². The Morgan fingerprint density at radius 3 is 2.57 bits per heavy atom. The van der Waals surface area contributed by atoms with E-state index in [1.165, 1.54) is 24.4 Å². The molecule has 6 nitrogen and oxygen atoms in total. The standard InChI is InChI=1S/C13H11BrN2O4S/c1-8-9(14)5-6-10(12(8)13(17)18)16-21(19,20)11-4-2-3-7-15-11/h2-7,16H,1H3,(H,17,18). The second kappa shape index (κ2) is 5.82. The van der Waals surface area contributed by atoms with Gasteiger partial charge in [0.15, 0.2) is 5.03 Å². The molecule has 1 aromatic carbocycles. The molecule has 0 radical (unpaired) electrons. The molecule has 0 spiro atoms. The van der Waals surface area contributed by atoms with Gasteiger partial charge in [-0.2, -0.15) is 8.42 Å². The maximum absolute atomic E-state index is 12.2. The van der Waals surface area contributed by atoms with Crippen LogP contribution in [-0.4, -0.2) is 24.5 Å². The summed E-state index contributed by atoms with van der Waals surface area (Å²) >= 11 is 3.22. The van der Waals surface area contributed by atoms with E-state index in [1.807, 2.05) is 0 Å². The molecule has 8 heteroatoms. The van der Waals surface area contributed by atoms with Crippen LogP contribution in [0.25, 0.3) is 0 Å². The molecule has 0 bridgehead atoms. The molecule has 0 amide bonds. The molecular weight excluding hydrogens is 360 g/mol. The first kappa shape index (κ1) is 15.5. The van der Waals surface area contributed by atoms with Gasteiger partial charge in [0.2, 0.25) is 0 Å². The molecule has 0 unspecified atom stereocenters. The molecule has 0 atom stereocenters. The van der Waals surface area contributed by atoms with Crippen molar-refractivity contribution in [3.8, 4) is 0 Å². The molecule has 1 heterocycles. The lowest BCUT2D eigenvalue weighted by Gasteiger charge is -2.12. The molecular formula is C13H11BrN2O4S. The molecule has 110 valence electrons. The number of nitrogens with zero attached hydrogens (tertiary/aromatic N) is 1. The SMILES string of the molecule is Cc1c(Br)ccc(NS(=O)(=O)c2ccccn2)c1C(=O)O. The van der Waals surface area contributed by atoms with Crippen molar-refractivity contribution in [3.63, 3.8) is 0 Å². The number of benzene rings is 1. The van der Waals surface area contributed by atoms with E-state index in [0.717, 1.165) is 0 Å². The number of rotatable bonds is 4. The van der Waals surface area contributed by atoms with Crippen molar-refractivity contribution < 1.29 is 18.3 Å². The van der Waals surface area contributed by atoms with Gasteiger partial charge in [0.25, 0.3) is 10.0 Å². The van der Waals surface area contributed by atoms with Crippen molar-refractivity contribution in [3.05, 3.63) is 52.1 Å². The molecule has 1 aromatic heterocycles. The number of aromatic carboxylic acids is 1. The summed E-state index contributed by atoms with van der Waals surface area (Å²) in [5.41, 5.74) is 0.321. The third-order valence-corrected chi connectivity index (χ3v) is 4.91. The summed E-state index contributed by atoms with van der Waals surface area (Å²) < 4.78 is 27.2. The Hall–Kier alpha value is -1.93. The van der Waals surface area contributed by atoms with Crippen LogP contribution in [0.1, 0.15) is 15.9 Å². The number of hydrogen-bond donors (Lipinski definition) is 2. The van der Waals surface area contributed by atoms with E-state index in [2.05, 4.69) is 25.6 Å². The third kappa shape index (κ3) is 3.22. The van der Waals surface area contributed by atoms with Gasteiger partial charge in [-0.1, -0.05) is 22.0 Å². The predicted octanol–water partition coefficient (Wildman–Crippen LogP) is 2.65. The van der Waals surface area contributed by atoms with Gasteiger partial charge in [-0.3, -0.25) is 4.72 Å². The Balaban J connectivity index is 2.50. The maximum Gasteiger partial charge on any atom is 0.338 e. The Bertz CT molecular complexity index is 791. The van der Waals surface area contributed by atoms with Crippen LogP contribution in [0.5, 0.6) is 0 Å². The zero-order valence-electron chi connectivity index (χ0n) is 10.9. The zero-order valence-corrected chi connectivity index (χ0v) is 13.3. The second-order valence-electron chi connectivity index (χ2n) is 4.17. The van der Waals surface area contributed by atoms with Crippen LogP contribution in [0.3, 0.4) is 0 Å². The van der Waals surface area contributed by atoms with Crippen molar-refractivity contribution in [2.45, 2.75) is 11.9 Å². The molecule has 0 aliphatic heterocycles. The van der Waals surface area contributed by atoms with Gasteiger partial charge in [-0.05, 0) is 36.8 Å². The summed E-state index contributed by atoms with van der Waals surface area (Å²) in [6.07, 6.45) is 1.35. The van der Waals surface area contributed by atoms with E-state index in [-0.39, 0.29) is 16.3 Å². The average molecular weight is 371 g/mol. The minimum atomic E-state index is -3.94. The quantitative estimate of drug-likeness (QED) is 0.862. The number of carbonyl (C=O) groups is 1. The van der Waals surface area contributed by atoms with Crippen LogP contribution < -0.4 is 4.72 Å². The van der Waals surface area contributed by atoms with E-state index in [4.69, 9.17) is 0 Å². The van der Waals surface area contributed by atoms with E-state index in [0.29, 0.717) is 10.0 Å². The highest BCUT2D eigenvalue weighted by molar-refractivity contribution is 9.10. The minimum absolute atomic E-state index is 0.00569. The van der Waals surface area contributed by atoms with Crippen LogP contribution in [0.15, 0.2) is 46.0 Å². The minimum Gasteiger partial charge on any atom is -0.478 e. The van der Waals surface area contributed by atoms with Crippen LogP contribution in [-0.2, 0) is 10.0 Å². The van der Waals surface area contributed by atoms with E-state index < -0.39 is 16.0 Å². The number of halogens is 1. The van der Waals surface area contributed by atoms with Crippen LogP contribution in [0, 0.1) is 6.92 Å². The van der Waals surface area contributed by atoms with Crippen molar-refractivity contribution >= 4 is 37.6 Å². The molecule has 0 fully saturated rings. The first-order valence-electron chi connectivity index (χ1n) is 5.79. The Kier molecular flexibility index (Phi) is 4.29. The molecule has 21 heavy (non-hydrogen) atoms. The molecule has 0 saturated heterocycles. The number of nitrogens with one attached hydrogen (secondary N) is 1. The van der Waals surface area contributed by atoms with Gasteiger partial charge >= 0.3 is 5.97 Å². The number of sulfonamides is 1. The Labute approximate surface area is 130 Å². The molecule has 0 saturated carbocycles. The zero-order chi connectivity index (χ0) is 15.6.